The molecule has 2 aromatic carbocycles. The number of Topliss-reactive ketones (excluding diaryl/α,β-unsaturated/α-hetero) is 1. The van der Waals surface area contributed by atoms with Gasteiger partial charge in [-0.2, -0.15) is 0 Å². The highest BCUT2D eigenvalue weighted by atomic mass is 16.5. The fourth-order valence-corrected chi connectivity index (χ4v) is 3.66. The largest absolute Gasteiger partial charge is 0.369 e. The lowest BCUT2D eigenvalue weighted by Gasteiger charge is -2.32. The molecule has 1 aliphatic rings. The van der Waals surface area contributed by atoms with Gasteiger partial charge in [-0.1, -0.05) is 60.7 Å². The van der Waals surface area contributed by atoms with E-state index in [1.54, 1.807) is 7.11 Å². The molecule has 3 rings (SSSR count). The number of carbonyl (C=O) groups excluding carboxylic acids is 1. The van der Waals surface area contributed by atoms with Crippen molar-refractivity contribution < 1.29 is 9.53 Å². The number of piperidine rings is 1. The molecule has 0 unspecified atom stereocenters. The molecule has 0 saturated carbocycles. The number of likely N-dealkylation sites (tertiary alicyclic amines) is 1. The van der Waals surface area contributed by atoms with Crippen LogP contribution in [0.15, 0.2) is 60.7 Å². The zero-order valence-corrected chi connectivity index (χ0v) is 14.9. The summed E-state index contributed by atoms with van der Waals surface area (Å²) in [6.07, 6.45) is 2.36. The van der Waals surface area contributed by atoms with Gasteiger partial charge in [0.2, 0.25) is 0 Å². The molecular formula is C22H27NO2. The summed E-state index contributed by atoms with van der Waals surface area (Å²) in [4.78, 5) is 15.2. The Bertz CT molecular complexity index is 648. The fourth-order valence-electron chi connectivity index (χ4n) is 3.66. The third kappa shape index (κ3) is 5.00. The van der Waals surface area contributed by atoms with Crippen LogP contribution in [0, 0.1) is 5.92 Å². The summed E-state index contributed by atoms with van der Waals surface area (Å²) in [5.41, 5.74) is 2.32. The first-order valence-electron chi connectivity index (χ1n) is 9.13. The van der Waals surface area contributed by atoms with Crippen molar-refractivity contribution in [2.24, 2.45) is 5.92 Å². The molecule has 1 saturated heterocycles. The van der Waals surface area contributed by atoms with Gasteiger partial charge in [0.05, 0.1) is 0 Å². The molecule has 2 aromatic rings. The minimum Gasteiger partial charge on any atom is -0.369 e. The average Bonchev–Trinajstić information content (AvgIpc) is 2.66. The Labute approximate surface area is 150 Å². The van der Waals surface area contributed by atoms with Gasteiger partial charge < -0.3 is 4.74 Å². The maximum absolute atomic E-state index is 12.7. The van der Waals surface area contributed by atoms with Gasteiger partial charge in [0.25, 0.3) is 0 Å². The second-order valence-electron chi connectivity index (χ2n) is 6.90. The quantitative estimate of drug-likeness (QED) is 0.756. The Morgan fingerprint density at radius 1 is 1.04 bits per heavy atom. The predicted molar refractivity (Wildman–Crippen MR) is 100 cm³/mol. The second kappa shape index (κ2) is 8.93. The topological polar surface area (TPSA) is 29.5 Å². The van der Waals surface area contributed by atoms with Gasteiger partial charge in [-0.3, -0.25) is 9.69 Å². The maximum atomic E-state index is 12.7. The zero-order valence-electron chi connectivity index (χ0n) is 14.9. The highest BCUT2D eigenvalue weighted by molar-refractivity contribution is 5.84. The van der Waals surface area contributed by atoms with Crippen LogP contribution in [-0.2, 0) is 16.1 Å². The molecule has 25 heavy (non-hydrogen) atoms. The smallest absolute Gasteiger partial charge is 0.166 e. The molecule has 132 valence electrons. The van der Waals surface area contributed by atoms with Crippen molar-refractivity contribution in [1.82, 2.24) is 4.90 Å². The molecule has 1 fully saturated rings. The van der Waals surface area contributed by atoms with Crippen LogP contribution >= 0.6 is 0 Å². The molecule has 1 atom stereocenters. The fraction of sp³-hybridized carbons (Fsp3) is 0.409. The molecular weight excluding hydrogens is 310 g/mol. The van der Waals surface area contributed by atoms with Gasteiger partial charge in [-0.25, -0.2) is 0 Å². The molecule has 0 bridgehead atoms. The SMILES string of the molecule is CO[C@H](C(=O)CC1CCN(Cc2ccccc2)CC1)c1ccccc1. The molecule has 0 N–H and O–H groups in total. The lowest BCUT2D eigenvalue weighted by Crippen LogP contribution is -2.34. The minimum absolute atomic E-state index is 0.204. The minimum atomic E-state index is -0.427. The number of benzene rings is 2. The van der Waals surface area contributed by atoms with Gasteiger partial charge >= 0.3 is 0 Å². The van der Waals surface area contributed by atoms with Crippen LogP contribution in [0.1, 0.15) is 36.5 Å². The van der Waals surface area contributed by atoms with Crippen molar-refractivity contribution in [2.45, 2.75) is 31.9 Å². The molecule has 0 radical (unpaired) electrons. The lowest BCUT2D eigenvalue weighted by atomic mass is 9.89. The third-order valence-corrected chi connectivity index (χ3v) is 5.08. The summed E-state index contributed by atoms with van der Waals surface area (Å²) in [5, 5.41) is 0. The predicted octanol–water partition coefficient (Wildman–Crippen LogP) is 4.25. The highest BCUT2D eigenvalue weighted by Gasteiger charge is 2.26. The van der Waals surface area contributed by atoms with Crippen molar-refractivity contribution in [3.05, 3.63) is 71.8 Å². The number of ether oxygens (including phenoxy) is 1. The maximum Gasteiger partial charge on any atom is 0.166 e. The van der Waals surface area contributed by atoms with Crippen LogP contribution in [0.5, 0.6) is 0 Å². The van der Waals surface area contributed by atoms with Gasteiger partial charge in [0, 0.05) is 20.1 Å². The van der Waals surface area contributed by atoms with E-state index in [0.29, 0.717) is 12.3 Å². The van der Waals surface area contributed by atoms with E-state index in [0.717, 1.165) is 38.0 Å². The third-order valence-electron chi connectivity index (χ3n) is 5.08. The van der Waals surface area contributed by atoms with E-state index in [4.69, 9.17) is 4.74 Å². The summed E-state index contributed by atoms with van der Waals surface area (Å²) in [6.45, 7) is 3.14. The Morgan fingerprint density at radius 2 is 1.64 bits per heavy atom. The number of nitrogens with zero attached hydrogens (tertiary/aromatic N) is 1. The van der Waals surface area contributed by atoms with E-state index in [9.17, 15) is 4.79 Å². The molecule has 3 nitrogen and oxygen atoms in total. The van der Waals surface area contributed by atoms with Crippen molar-refractivity contribution in [3.63, 3.8) is 0 Å². The normalized spacial score (nSPS) is 17.3. The molecule has 1 aliphatic heterocycles. The van der Waals surface area contributed by atoms with E-state index in [2.05, 4.69) is 35.2 Å². The zero-order chi connectivity index (χ0) is 17.5. The summed E-state index contributed by atoms with van der Waals surface area (Å²) in [5.74, 6) is 0.677. The van der Waals surface area contributed by atoms with Crippen LogP contribution < -0.4 is 0 Å². The standard InChI is InChI=1S/C22H27NO2/c1-25-22(20-10-6-3-7-11-20)21(24)16-18-12-14-23(15-13-18)17-19-8-4-2-5-9-19/h2-11,18,22H,12-17H2,1H3/t22-/m0/s1. The van der Waals surface area contributed by atoms with E-state index >= 15 is 0 Å². The van der Waals surface area contributed by atoms with E-state index in [1.807, 2.05) is 30.3 Å². The number of hydrogen-bond donors (Lipinski definition) is 0. The molecule has 3 heteroatoms. The van der Waals surface area contributed by atoms with Crippen molar-refractivity contribution in [1.29, 1.82) is 0 Å². The molecule has 0 aromatic heterocycles. The van der Waals surface area contributed by atoms with Crippen LogP contribution in [0.2, 0.25) is 0 Å². The monoisotopic (exact) mass is 337 g/mol. The van der Waals surface area contributed by atoms with Gasteiger partial charge in [-0.05, 0) is 43.0 Å². The van der Waals surface area contributed by atoms with E-state index in [1.165, 1.54) is 5.56 Å². The second-order valence-corrected chi connectivity index (χ2v) is 6.90. The van der Waals surface area contributed by atoms with E-state index < -0.39 is 6.10 Å². The Morgan fingerprint density at radius 3 is 2.24 bits per heavy atom. The molecule has 1 heterocycles. The summed E-state index contributed by atoms with van der Waals surface area (Å²) >= 11 is 0. The number of hydrogen-bond acceptors (Lipinski definition) is 3. The number of carbonyl (C=O) groups is 1. The number of ketones is 1. The van der Waals surface area contributed by atoms with Crippen LogP contribution in [0.25, 0.3) is 0 Å². The summed E-state index contributed by atoms with van der Waals surface area (Å²) in [6, 6.07) is 20.4. The van der Waals surface area contributed by atoms with Crippen LogP contribution in [0.3, 0.4) is 0 Å². The first kappa shape index (κ1) is 17.8. The average molecular weight is 337 g/mol. The highest BCUT2D eigenvalue weighted by Crippen LogP contribution is 2.26. The number of methoxy groups -OCH3 is 1. The van der Waals surface area contributed by atoms with Gasteiger partial charge in [0.1, 0.15) is 6.10 Å². The van der Waals surface area contributed by atoms with Crippen molar-refractivity contribution in [2.75, 3.05) is 20.2 Å². The Balaban J connectivity index is 1.49. The molecule has 0 amide bonds. The Kier molecular flexibility index (Phi) is 6.37. The van der Waals surface area contributed by atoms with Gasteiger partial charge in [0.15, 0.2) is 5.78 Å². The van der Waals surface area contributed by atoms with Gasteiger partial charge in [-0.15, -0.1) is 0 Å². The molecule has 0 aliphatic carbocycles. The summed E-state index contributed by atoms with van der Waals surface area (Å²) in [7, 11) is 1.62. The molecule has 0 spiro atoms. The lowest BCUT2D eigenvalue weighted by molar-refractivity contribution is -0.130. The summed E-state index contributed by atoms with van der Waals surface area (Å²) < 4.78 is 5.48. The van der Waals surface area contributed by atoms with Crippen LogP contribution in [-0.4, -0.2) is 30.9 Å². The number of rotatable bonds is 7. The first-order valence-corrected chi connectivity index (χ1v) is 9.13. The first-order chi connectivity index (χ1) is 12.3. The van der Waals surface area contributed by atoms with Crippen LogP contribution in [0.4, 0.5) is 0 Å². The van der Waals surface area contributed by atoms with Crippen molar-refractivity contribution in [3.8, 4) is 0 Å². The van der Waals surface area contributed by atoms with E-state index in [-0.39, 0.29) is 5.78 Å². The Hall–Kier alpha value is -1.97. The van der Waals surface area contributed by atoms with Crippen molar-refractivity contribution >= 4 is 5.78 Å².